The molecule has 0 saturated heterocycles. The summed E-state index contributed by atoms with van der Waals surface area (Å²) in [6.07, 6.45) is 1.86. The number of carbonyl (C=O) groups is 1. The lowest BCUT2D eigenvalue weighted by Crippen LogP contribution is -2.37. The minimum atomic E-state index is -0.122. The molecule has 0 aromatic carbocycles. The number of aromatic nitrogens is 2. The van der Waals surface area contributed by atoms with E-state index in [4.69, 9.17) is 4.74 Å². The minimum absolute atomic E-state index is 0.107. The maximum absolute atomic E-state index is 11.8. The molecule has 20 heavy (non-hydrogen) atoms. The molecule has 7 nitrogen and oxygen atoms in total. The molecule has 0 unspecified atom stereocenters. The van der Waals surface area contributed by atoms with Crippen LogP contribution in [0.2, 0.25) is 0 Å². The summed E-state index contributed by atoms with van der Waals surface area (Å²) < 4.78 is 6.70. The highest BCUT2D eigenvalue weighted by molar-refractivity contribution is 7.15. The first-order chi connectivity index (χ1) is 9.67. The number of amides is 1. The Morgan fingerprint density at radius 1 is 1.65 bits per heavy atom. The second kappa shape index (κ2) is 6.69. The Bertz CT molecular complexity index is 580. The SMILES string of the molecule is COCCNC(=O)CN(C)c1nc2sccn2c1CO. The molecule has 0 aliphatic heterocycles. The van der Waals surface area contributed by atoms with Crippen LogP contribution in [0.3, 0.4) is 0 Å². The normalized spacial score (nSPS) is 10.9. The number of fused-ring (bicyclic) bond motifs is 1. The van der Waals surface area contributed by atoms with Crippen molar-refractivity contribution in [2.45, 2.75) is 6.61 Å². The van der Waals surface area contributed by atoms with Gasteiger partial charge in [0, 0.05) is 32.3 Å². The number of thiazole rings is 1. The molecular formula is C12H18N4O3S. The van der Waals surface area contributed by atoms with Crippen LogP contribution < -0.4 is 10.2 Å². The zero-order valence-corrected chi connectivity index (χ0v) is 12.3. The number of aliphatic hydroxyl groups is 1. The van der Waals surface area contributed by atoms with Crippen molar-refractivity contribution in [3.05, 3.63) is 17.3 Å². The molecular weight excluding hydrogens is 280 g/mol. The van der Waals surface area contributed by atoms with Crippen molar-refractivity contribution < 1.29 is 14.6 Å². The van der Waals surface area contributed by atoms with Crippen LogP contribution in [0.25, 0.3) is 4.96 Å². The molecule has 2 N–H and O–H groups in total. The Hall–Kier alpha value is -1.64. The molecule has 1 amide bonds. The van der Waals surface area contributed by atoms with E-state index in [0.29, 0.717) is 24.7 Å². The van der Waals surface area contributed by atoms with E-state index in [0.717, 1.165) is 4.96 Å². The number of hydrogen-bond donors (Lipinski definition) is 2. The molecule has 8 heteroatoms. The summed E-state index contributed by atoms with van der Waals surface area (Å²) in [6, 6.07) is 0. The van der Waals surface area contributed by atoms with Crippen molar-refractivity contribution in [1.29, 1.82) is 0 Å². The average molecular weight is 298 g/mol. The first-order valence-corrected chi connectivity index (χ1v) is 7.07. The third kappa shape index (κ3) is 3.09. The third-order valence-corrected chi connectivity index (χ3v) is 3.62. The van der Waals surface area contributed by atoms with E-state index in [1.54, 1.807) is 19.1 Å². The molecule has 2 rings (SSSR count). The van der Waals surface area contributed by atoms with E-state index in [2.05, 4.69) is 10.3 Å². The van der Waals surface area contributed by atoms with Crippen LogP contribution in [0, 0.1) is 0 Å². The van der Waals surface area contributed by atoms with Crippen LogP contribution in [0.1, 0.15) is 5.69 Å². The standard InChI is InChI=1S/C12H18N4O3S/c1-15(7-10(18)13-3-5-19-2)11-9(8-17)16-4-6-20-12(16)14-11/h4,6,17H,3,5,7-8H2,1-2H3,(H,13,18). The topological polar surface area (TPSA) is 79.1 Å². The van der Waals surface area contributed by atoms with Crippen LogP contribution in [-0.2, 0) is 16.1 Å². The highest BCUT2D eigenvalue weighted by atomic mass is 32.1. The first-order valence-electron chi connectivity index (χ1n) is 6.19. The Morgan fingerprint density at radius 3 is 3.15 bits per heavy atom. The first kappa shape index (κ1) is 14.8. The van der Waals surface area contributed by atoms with Crippen LogP contribution in [0.5, 0.6) is 0 Å². The number of hydrogen-bond acceptors (Lipinski definition) is 6. The van der Waals surface area contributed by atoms with Crippen LogP contribution in [-0.4, -0.2) is 54.3 Å². The number of carbonyl (C=O) groups excluding carboxylic acids is 1. The molecule has 2 aromatic heterocycles. The predicted molar refractivity (Wildman–Crippen MR) is 77.1 cm³/mol. The summed E-state index contributed by atoms with van der Waals surface area (Å²) in [5, 5.41) is 14.1. The number of aliphatic hydroxyl groups excluding tert-OH is 1. The number of methoxy groups -OCH3 is 1. The van der Waals surface area contributed by atoms with Crippen LogP contribution in [0.4, 0.5) is 5.82 Å². The van der Waals surface area contributed by atoms with Gasteiger partial charge in [-0.1, -0.05) is 0 Å². The molecule has 0 aliphatic carbocycles. The lowest BCUT2D eigenvalue weighted by molar-refractivity contribution is -0.119. The van der Waals surface area contributed by atoms with E-state index in [9.17, 15) is 9.90 Å². The molecule has 0 radical (unpaired) electrons. The number of nitrogens with zero attached hydrogens (tertiary/aromatic N) is 3. The summed E-state index contributed by atoms with van der Waals surface area (Å²) >= 11 is 1.49. The van der Waals surface area contributed by atoms with Gasteiger partial charge in [0.15, 0.2) is 10.8 Å². The van der Waals surface area contributed by atoms with Gasteiger partial charge in [-0.3, -0.25) is 9.20 Å². The number of ether oxygens (including phenoxy) is 1. The largest absolute Gasteiger partial charge is 0.390 e. The van der Waals surface area contributed by atoms with Gasteiger partial charge in [0.25, 0.3) is 0 Å². The van der Waals surface area contributed by atoms with Crippen LogP contribution >= 0.6 is 11.3 Å². The lowest BCUT2D eigenvalue weighted by Gasteiger charge is -2.17. The number of rotatable bonds is 7. The van der Waals surface area contributed by atoms with Gasteiger partial charge in [-0.25, -0.2) is 4.98 Å². The highest BCUT2D eigenvalue weighted by Crippen LogP contribution is 2.23. The van der Waals surface area contributed by atoms with E-state index in [1.807, 2.05) is 16.0 Å². The van der Waals surface area contributed by atoms with Crippen molar-refractivity contribution in [3.63, 3.8) is 0 Å². The van der Waals surface area contributed by atoms with Gasteiger partial charge in [0.2, 0.25) is 5.91 Å². The smallest absolute Gasteiger partial charge is 0.239 e. The molecule has 2 heterocycles. The van der Waals surface area contributed by atoms with Gasteiger partial charge in [-0.15, -0.1) is 11.3 Å². The number of imidazole rings is 1. The zero-order valence-electron chi connectivity index (χ0n) is 11.5. The van der Waals surface area contributed by atoms with Crippen molar-refractivity contribution >= 4 is 28.0 Å². The Kier molecular flexibility index (Phi) is 4.94. The number of likely N-dealkylation sites (N-methyl/N-ethyl adjacent to an activating group) is 1. The predicted octanol–water partition coefficient (Wildman–Crippen LogP) is 0.0869. The molecule has 0 bridgehead atoms. The van der Waals surface area contributed by atoms with E-state index < -0.39 is 0 Å². The maximum Gasteiger partial charge on any atom is 0.239 e. The van der Waals surface area contributed by atoms with Gasteiger partial charge < -0.3 is 20.1 Å². The maximum atomic E-state index is 11.8. The Labute approximate surface area is 120 Å². The van der Waals surface area contributed by atoms with Gasteiger partial charge >= 0.3 is 0 Å². The van der Waals surface area contributed by atoms with Gasteiger partial charge in [-0.05, 0) is 0 Å². The minimum Gasteiger partial charge on any atom is -0.390 e. The molecule has 0 atom stereocenters. The fourth-order valence-electron chi connectivity index (χ4n) is 1.91. The van der Waals surface area contributed by atoms with Crippen molar-refractivity contribution in [2.24, 2.45) is 0 Å². The van der Waals surface area contributed by atoms with Gasteiger partial charge in [0.1, 0.15) is 0 Å². The van der Waals surface area contributed by atoms with E-state index in [-0.39, 0.29) is 19.1 Å². The summed E-state index contributed by atoms with van der Waals surface area (Å²) in [5.41, 5.74) is 0.688. The van der Waals surface area contributed by atoms with E-state index in [1.165, 1.54) is 11.3 Å². The van der Waals surface area contributed by atoms with Crippen molar-refractivity contribution in [2.75, 3.05) is 38.8 Å². The summed E-state index contributed by atoms with van der Waals surface area (Å²) in [6.45, 7) is 1.02. The molecule has 0 saturated carbocycles. The van der Waals surface area contributed by atoms with E-state index >= 15 is 0 Å². The fraction of sp³-hybridized carbons (Fsp3) is 0.500. The lowest BCUT2D eigenvalue weighted by atomic mass is 10.4. The van der Waals surface area contributed by atoms with Crippen molar-refractivity contribution in [1.82, 2.24) is 14.7 Å². The van der Waals surface area contributed by atoms with Crippen molar-refractivity contribution in [3.8, 4) is 0 Å². The number of anilines is 1. The summed E-state index contributed by atoms with van der Waals surface area (Å²) in [4.78, 5) is 18.7. The quantitative estimate of drug-likeness (QED) is 0.708. The van der Waals surface area contributed by atoms with Gasteiger partial charge in [-0.2, -0.15) is 0 Å². The van der Waals surface area contributed by atoms with Gasteiger partial charge in [0.05, 0.1) is 25.5 Å². The molecule has 0 aliphatic rings. The summed E-state index contributed by atoms with van der Waals surface area (Å²) in [7, 11) is 3.37. The highest BCUT2D eigenvalue weighted by Gasteiger charge is 2.17. The second-order valence-electron chi connectivity index (χ2n) is 4.29. The Balaban J connectivity index is 2.05. The monoisotopic (exact) mass is 298 g/mol. The second-order valence-corrected chi connectivity index (χ2v) is 5.17. The molecule has 0 fully saturated rings. The molecule has 110 valence electrons. The average Bonchev–Trinajstić information content (AvgIpc) is 2.98. The zero-order chi connectivity index (χ0) is 14.5. The molecule has 2 aromatic rings. The molecule has 0 spiro atoms. The number of nitrogens with one attached hydrogen (secondary N) is 1. The Morgan fingerprint density at radius 2 is 2.45 bits per heavy atom. The van der Waals surface area contributed by atoms with Crippen LogP contribution in [0.15, 0.2) is 11.6 Å². The third-order valence-electron chi connectivity index (χ3n) is 2.86. The summed E-state index contributed by atoms with van der Waals surface area (Å²) in [5.74, 6) is 0.519. The fourth-order valence-corrected chi connectivity index (χ4v) is 2.64.